The van der Waals surface area contributed by atoms with E-state index in [4.69, 9.17) is 11.6 Å². The number of amidine groups is 1. The Morgan fingerprint density at radius 3 is 2.74 bits per heavy atom. The molecule has 1 atom stereocenters. The maximum Gasteiger partial charge on any atom is 0.417 e. The lowest BCUT2D eigenvalue weighted by Gasteiger charge is -2.24. The summed E-state index contributed by atoms with van der Waals surface area (Å²) in [6, 6.07) is 6.18. The van der Waals surface area contributed by atoms with Crippen LogP contribution in [0.5, 0.6) is 0 Å². The van der Waals surface area contributed by atoms with Crippen molar-refractivity contribution in [2.24, 2.45) is 4.99 Å². The van der Waals surface area contributed by atoms with Gasteiger partial charge in [-0.15, -0.1) is 0 Å². The smallest absolute Gasteiger partial charge is 0.360 e. The lowest BCUT2D eigenvalue weighted by atomic mass is 10.2. The minimum absolute atomic E-state index is 0.161. The third-order valence-corrected chi connectivity index (χ3v) is 3.04. The van der Waals surface area contributed by atoms with Gasteiger partial charge in [-0.25, -0.2) is 4.99 Å². The second kappa shape index (κ2) is 6.74. The second-order valence-electron chi connectivity index (χ2n) is 4.48. The Hall–Kier alpha value is -2.48. The molecule has 1 heterocycles. The van der Waals surface area contributed by atoms with Crippen molar-refractivity contribution in [2.75, 3.05) is 10.6 Å². The maximum absolute atomic E-state index is 13.0. The highest BCUT2D eigenvalue weighted by Gasteiger charge is 2.40. The first-order valence-electron chi connectivity index (χ1n) is 6.36. The first kappa shape index (κ1) is 16.9. The lowest BCUT2D eigenvalue weighted by Crippen LogP contribution is -2.36. The minimum atomic E-state index is -4.57. The van der Waals surface area contributed by atoms with Gasteiger partial charge < -0.3 is 16.0 Å². The van der Waals surface area contributed by atoms with Crippen LogP contribution in [0.25, 0.3) is 0 Å². The molecular weight excluding hydrogens is 333 g/mol. The van der Waals surface area contributed by atoms with Crippen molar-refractivity contribution in [3.05, 3.63) is 48.7 Å². The Morgan fingerprint density at radius 2 is 2.09 bits per heavy atom. The van der Waals surface area contributed by atoms with E-state index < -0.39 is 23.8 Å². The van der Waals surface area contributed by atoms with Gasteiger partial charge in [0.2, 0.25) is 5.91 Å². The minimum Gasteiger partial charge on any atom is -0.360 e. The molecule has 1 aliphatic rings. The average molecular weight is 345 g/mol. The SMILES string of the molecule is C=CC(=O)Nc1cccc(N[C@H]2N=C(Cl)NC=C2C(F)(F)F)c1. The number of rotatable bonds is 4. The molecule has 1 amide bonds. The van der Waals surface area contributed by atoms with Crippen LogP contribution in [0.1, 0.15) is 0 Å². The van der Waals surface area contributed by atoms with Gasteiger partial charge in [0.1, 0.15) is 0 Å². The number of hydrogen-bond donors (Lipinski definition) is 3. The molecule has 3 N–H and O–H groups in total. The van der Waals surface area contributed by atoms with Gasteiger partial charge in [0.25, 0.3) is 0 Å². The van der Waals surface area contributed by atoms with Gasteiger partial charge in [-0.1, -0.05) is 12.6 Å². The summed E-state index contributed by atoms with van der Waals surface area (Å²) in [6.45, 7) is 3.32. The third-order valence-electron chi connectivity index (χ3n) is 2.83. The van der Waals surface area contributed by atoms with Gasteiger partial charge in [0.05, 0.1) is 5.57 Å². The van der Waals surface area contributed by atoms with Crippen molar-refractivity contribution >= 4 is 34.2 Å². The molecule has 122 valence electrons. The summed E-state index contributed by atoms with van der Waals surface area (Å²) in [5.74, 6) is -0.430. The number of aliphatic imine (C=N–C) groups is 1. The van der Waals surface area contributed by atoms with Crippen LogP contribution in [0, 0.1) is 0 Å². The topological polar surface area (TPSA) is 65.5 Å². The number of alkyl halides is 3. The monoisotopic (exact) mass is 344 g/mol. The van der Waals surface area contributed by atoms with E-state index in [1.54, 1.807) is 18.2 Å². The molecule has 0 radical (unpaired) electrons. The summed E-state index contributed by atoms with van der Waals surface area (Å²) in [5.41, 5.74) is -0.175. The lowest BCUT2D eigenvalue weighted by molar-refractivity contribution is -0.111. The van der Waals surface area contributed by atoms with E-state index in [-0.39, 0.29) is 5.29 Å². The normalized spacial score (nSPS) is 17.5. The molecule has 0 aromatic heterocycles. The standard InChI is InChI=1S/C14H12ClF3N4O/c1-2-11(23)20-8-4-3-5-9(6-8)21-12-10(14(16,17)18)7-19-13(15)22-12/h2-7,12,21H,1H2,(H,19,22)(H,20,23)/t12-/m0/s1. The average Bonchev–Trinajstić information content (AvgIpc) is 2.46. The molecule has 9 heteroatoms. The molecule has 0 unspecified atom stereocenters. The molecule has 1 aromatic rings. The Balaban J connectivity index is 2.21. The Kier molecular flexibility index (Phi) is 4.95. The summed E-state index contributed by atoms with van der Waals surface area (Å²) in [6.07, 6.45) is -4.12. The van der Waals surface area contributed by atoms with E-state index in [9.17, 15) is 18.0 Å². The van der Waals surface area contributed by atoms with Crippen LogP contribution in [0.15, 0.2) is 53.7 Å². The summed E-state index contributed by atoms with van der Waals surface area (Å²) >= 11 is 5.63. The molecule has 0 saturated heterocycles. The van der Waals surface area contributed by atoms with Gasteiger partial charge >= 0.3 is 6.18 Å². The van der Waals surface area contributed by atoms with E-state index >= 15 is 0 Å². The first-order chi connectivity index (χ1) is 10.8. The Labute approximate surface area is 134 Å². The molecule has 1 aromatic carbocycles. The summed E-state index contributed by atoms with van der Waals surface area (Å²) in [5, 5.41) is 7.20. The second-order valence-corrected chi connectivity index (χ2v) is 4.84. The van der Waals surface area contributed by atoms with Crippen molar-refractivity contribution in [3.8, 4) is 0 Å². The number of nitrogens with zero attached hydrogens (tertiary/aromatic N) is 1. The van der Waals surface area contributed by atoms with Crippen LogP contribution < -0.4 is 16.0 Å². The van der Waals surface area contributed by atoms with Crippen LogP contribution >= 0.6 is 11.6 Å². The quantitative estimate of drug-likeness (QED) is 0.580. The summed E-state index contributed by atoms with van der Waals surface area (Å²) < 4.78 is 39.0. The van der Waals surface area contributed by atoms with E-state index in [0.717, 1.165) is 12.3 Å². The number of benzene rings is 1. The Bertz CT molecular complexity index is 685. The third kappa shape index (κ3) is 4.49. The molecule has 0 bridgehead atoms. The van der Waals surface area contributed by atoms with E-state index in [1.807, 2.05) is 0 Å². The van der Waals surface area contributed by atoms with E-state index in [0.29, 0.717) is 11.4 Å². The summed E-state index contributed by atoms with van der Waals surface area (Å²) in [7, 11) is 0. The molecule has 23 heavy (non-hydrogen) atoms. The fourth-order valence-electron chi connectivity index (χ4n) is 1.82. The van der Waals surface area contributed by atoms with Gasteiger partial charge in [-0.2, -0.15) is 13.2 Å². The number of anilines is 2. The van der Waals surface area contributed by atoms with Crippen molar-refractivity contribution in [1.82, 2.24) is 5.32 Å². The van der Waals surface area contributed by atoms with Crippen LogP contribution in [-0.2, 0) is 4.79 Å². The molecule has 1 aliphatic heterocycles. The van der Waals surface area contributed by atoms with Gasteiger partial charge in [-0.05, 0) is 35.9 Å². The number of carbonyl (C=O) groups excluding carboxylic acids is 1. The zero-order valence-electron chi connectivity index (χ0n) is 11.6. The first-order valence-corrected chi connectivity index (χ1v) is 6.74. The van der Waals surface area contributed by atoms with Crippen molar-refractivity contribution in [3.63, 3.8) is 0 Å². The molecule has 0 fully saturated rings. The van der Waals surface area contributed by atoms with E-state index in [2.05, 4.69) is 27.5 Å². The van der Waals surface area contributed by atoms with Crippen molar-refractivity contribution in [1.29, 1.82) is 0 Å². The predicted octanol–water partition coefficient (Wildman–Crippen LogP) is 3.19. The van der Waals surface area contributed by atoms with Crippen molar-refractivity contribution in [2.45, 2.75) is 12.3 Å². The van der Waals surface area contributed by atoms with Gasteiger partial charge in [-0.3, -0.25) is 4.79 Å². The van der Waals surface area contributed by atoms with Gasteiger partial charge in [0.15, 0.2) is 11.5 Å². The zero-order chi connectivity index (χ0) is 17.0. The zero-order valence-corrected chi connectivity index (χ0v) is 12.4. The van der Waals surface area contributed by atoms with Crippen LogP contribution in [0.3, 0.4) is 0 Å². The highest BCUT2D eigenvalue weighted by molar-refractivity contribution is 6.64. The number of halogens is 4. The molecular formula is C14H12ClF3N4O. The summed E-state index contributed by atoms with van der Waals surface area (Å²) in [4.78, 5) is 15.0. The highest BCUT2D eigenvalue weighted by atomic mass is 35.5. The van der Waals surface area contributed by atoms with E-state index in [1.165, 1.54) is 6.07 Å². The van der Waals surface area contributed by atoms with Crippen LogP contribution in [-0.4, -0.2) is 23.5 Å². The maximum atomic E-state index is 13.0. The molecule has 0 spiro atoms. The number of hydrogen-bond acceptors (Lipinski definition) is 4. The molecule has 2 rings (SSSR count). The number of amides is 1. The van der Waals surface area contributed by atoms with Crippen LogP contribution in [0.4, 0.5) is 24.5 Å². The molecule has 0 saturated carbocycles. The van der Waals surface area contributed by atoms with Crippen LogP contribution in [0.2, 0.25) is 0 Å². The fourth-order valence-corrected chi connectivity index (χ4v) is 1.97. The highest BCUT2D eigenvalue weighted by Crippen LogP contribution is 2.31. The Morgan fingerprint density at radius 1 is 1.39 bits per heavy atom. The number of nitrogens with one attached hydrogen (secondary N) is 3. The number of carbonyl (C=O) groups is 1. The van der Waals surface area contributed by atoms with Crippen molar-refractivity contribution < 1.29 is 18.0 Å². The molecule has 5 nitrogen and oxygen atoms in total. The fraction of sp³-hybridized carbons (Fsp3) is 0.143. The predicted molar refractivity (Wildman–Crippen MR) is 83.2 cm³/mol. The largest absolute Gasteiger partial charge is 0.417 e. The van der Waals surface area contributed by atoms with Gasteiger partial charge in [0, 0.05) is 17.6 Å². The molecule has 0 aliphatic carbocycles.